The number of hydrogen-bond acceptors (Lipinski definition) is 16. The average molecular weight is 752 g/mol. The molecule has 3 aromatic rings. The van der Waals surface area contributed by atoms with Gasteiger partial charge in [0, 0.05) is 31.8 Å². The Morgan fingerprint density at radius 2 is 1.80 bits per heavy atom. The second-order valence-corrected chi connectivity index (χ2v) is 15.0. The summed E-state index contributed by atoms with van der Waals surface area (Å²) in [6.45, 7) is 1.40. The van der Waals surface area contributed by atoms with Crippen molar-refractivity contribution in [2.75, 3.05) is 30.4 Å². The molecule has 0 bridgehead atoms. The normalized spacial score (nSPS) is 21.0. The van der Waals surface area contributed by atoms with E-state index in [4.69, 9.17) is 24.0 Å². The fourth-order valence-corrected chi connectivity index (χ4v) is 7.71. The molecule has 2 aliphatic heterocycles. The van der Waals surface area contributed by atoms with Crippen LogP contribution < -0.4 is 31.5 Å². The van der Waals surface area contributed by atoms with Gasteiger partial charge in [-0.3, -0.25) is 13.7 Å². The Balaban J connectivity index is 1.11. The lowest BCUT2D eigenvalue weighted by Crippen LogP contribution is -2.29. The monoisotopic (exact) mass is 752 g/mol. The third-order valence-corrected chi connectivity index (χ3v) is 10.6. The Hall–Kier alpha value is -3.49. The van der Waals surface area contributed by atoms with Crippen LogP contribution >= 0.6 is 23.5 Å². The van der Waals surface area contributed by atoms with Crippen LogP contribution in [0, 0.1) is 6.92 Å². The summed E-state index contributed by atoms with van der Waals surface area (Å²) in [7, 11) is -15.2. The molecule has 268 valence electrons. The Morgan fingerprint density at radius 3 is 2.53 bits per heavy atom. The summed E-state index contributed by atoms with van der Waals surface area (Å²) in [6.07, 6.45) is -0.467. The Morgan fingerprint density at radius 1 is 1.04 bits per heavy atom. The minimum Gasteiger partial charge on any atom is -0.491 e. The maximum Gasteiger partial charge on any atom is 0.490 e. The first-order chi connectivity index (χ1) is 22.9. The summed E-state index contributed by atoms with van der Waals surface area (Å²) < 4.78 is 65.8. The van der Waals surface area contributed by atoms with Crippen molar-refractivity contribution in [3.63, 3.8) is 0 Å². The van der Waals surface area contributed by atoms with Crippen molar-refractivity contribution in [1.82, 2.24) is 19.1 Å². The molecule has 5 atom stereocenters. The summed E-state index contributed by atoms with van der Waals surface area (Å²) in [6, 6.07) is 5.22. The van der Waals surface area contributed by atoms with Gasteiger partial charge >= 0.3 is 34.8 Å². The number of rotatable bonds is 14. The van der Waals surface area contributed by atoms with Gasteiger partial charge in [0.2, 0.25) is 0 Å². The third kappa shape index (κ3) is 9.40. The first-order valence-corrected chi connectivity index (χ1v) is 18.7. The summed E-state index contributed by atoms with van der Waals surface area (Å²) in [4.78, 5) is 68.9. The van der Waals surface area contributed by atoms with Crippen molar-refractivity contribution >= 4 is 40.8 Å². The number of anilines is 3. The van der Waals surface area contributed by atoms with Gasteiger partial charge in [-0.15, -0.1) is 0 Å². The van der Waals surface area contributed by atoms with Crippen LogP contribution in [0.3, 0.4) is 0 Å². The highest BCUT2D eigenvalue weighted by Crippen LogP contribution is 2.66. The van der Waals surface area contributed by atoms with Crippen LogP contribution in [0.2, 0.25) is 0 Å². The maximum atomic E-state index is 12.8. The summed E-state index contributed by atoms with van der Waals surface area (Å²) in [5.41, 5.74) is -0.156. The van der Waals surface area contributed by atoms with Gasteiger partial charge < -0.3 is 49.5 Å². The Bertz CT molecular complexity index is 1980. The van der Waals surface area contributed by atoms with Crippen LogP contribution in [-0.2, 0) is 38.6 Å². The van der Waals surface area contributed by atoms with Crippen molar-refractivity contribution in [2.24, 2.45) is 7.05 Å². The van der Waals surface area contributed by atoms with Crippen LogP contribution in [0.1, 0.15) is 24.6 Å². The molecule has 49 heavy (non-hydrogen) atoms. The molecule has 1 saturated heterocycles. The van der Waals surface area contributed by atoms with Crippen molar-refractivity contribution < 1.29 is 65.7 Å². The van der Waals surface area contributed by atoms with E-state index in [0.717, 1.165) is 4.57 Å². The molecule has 0 spiro atoms. The molecular weight excluding hydrogens is 721 g/mol. The molecule has 1 fully saturated rings. The number of aryl methyl sites for hydroxylation is 2. The van der Waals surface area contributed by atoms with Crippen LogP contribution in [0.15, 0.2) is 40.2 Å². The van der Waals surface area contributed by atoms with E-state index in [1.54, 1.807) is 32.2 Å². The van der Waals surface area contributed by atoms with Crippen molar-refractivity contribution in [3.8, 4) is 17.2 Å². The van der Waals surface area contributed by atoms with Gasteiger partial charge in [0.25, 0.3) is 0 Å². The molecule has 0 saturated carbocycles. The van der Waals surface area contributed by atoms with Crippen molar-refractivity contribution in [1.29, 1.82) is 0 Å². The average Bonchev–Trinajstić information content (AvgIpc) is 3.35. The number of benzene rings is 1. The molecule has 25 heteroatoms. The smallest absolute Gasteiger partial charge is 0.490 e. The van der Waals surface area contributed by atoms with Crippen LogP contribution in [0.4, 0.5) is 17.3 Å². The first-order valence-electron chi connectivity index (χ1n) is 14.1. The van der Waals surface area contributed by atoms with E-state index in [1.807, 2.05) is 0 Å². The Labute approximate surface area is 275 Å². The lowest BCUT2D eigenvalue weighted by Gasteiger charge is -2.23. The molecule has 2 unspecified atom stereocenters. The van der Waals surface area contributed by atoms with Gasteiger partial charge in [0.05, 0.1) is 25.5 Å². The molecule has 7 N–H and O–H groups in total. The molecule has 22 nitrogen and oxygen atoms in total. The second kappa shape index (κ2) is 14.4. The molecule has 2 aliphatic rings. The van der Waals surface area contributed by atoms with Crippen LogP contribution in [0.5, 0.6) is 17.2 Å². The van der Waals surface area contributed by atoms with E-state index in [0.29, 0.717) is 41.5 Å². The zero-order chi connectivity index (χ0) is 35.7. The number of phosphoric acid groups is 3. The molecule has 1 aromatic carbocycles. The maximum absolute atomic E-state index is 12.8. The number of fused-ring (bicyclic) bond motifs is 2. The second-order valence-electron chi connectivity index (χ2n) is 10.6. The minimum atomic E-state index is -5.72. The molecular formula is C24H31N6O16P3. The molecule has 4 heterocycles. The zero-order valence-electron chi connectivity index (χ0n) is 25.5. The van der Waals surface area contributed by atoms with E-state index >= 15 is 0 Å². The van der Waals surface area contributed by atoms with Gasteiger partial charge in [0.15, 0.2) is 17.3 Å². The minimum absolute atomic E-state index is 0.170. The number of phosphoric ester groups is 1. The van der Waals surface area contributed by atoms with Crippen LogP contribution in [0.25, 0.3) is 0 Å². The first kappa shape index (κ1) is 36.8. The largest absolute Gasteiger partial charge is 0.491 e. The summed E-state index contributed by atoms with van der Waals surface area (Å²) in [5.74, 6) is 1.90. The topological polar surface area (TPSA) is 302 Å². The number of nitrogens with one attached hydrogen (secondary N) is 2. The Kier molecular flexibility index (Phi) is 10.8. The van der Waals surface area contributed by atoms with Crippen LogP contribution in [-0.4, -0.2) is 75.7 Å². The van der Waals surface area contributed by atoms with Gasteiger partial charge in [0.1, 0.15) is 29.6 Å². The van der Waals surface area contributed by atoms with Crippen molar-refractivity contribution in [2.45, 2.75) is 38.2 Å². The van der Waals surface area contributed by atoms with Gasteiger partial charge in [-0.05, 0) is 25.5 Å². The molecule has 2 aromatic heterocycles. The number of nitrogens with zero attached hydrogens (tertiary/aromatic N) is 4. The number of aliphatic hydroxyl groups excluding tert-OH is 1. The third-order valence-electron chi connectivity index (χ3n) is 6.84. The van der Waals surface area contributed by atoms with Gasteiger partial charge in [-0.1, -0.05) is 6.07 Å². The van der Waals surface area contributed by atoms with Gasteiger partial charge in [-0.2, -0.15) is 18.6 Å². The van der Waals surface area contributed by atoms with E-state index < -0.39 is 59.9 Å². The predicted molar refractivity (Wildman–Crippen MR) is 165 cm³/mol. The number of hydrogen-bond donors (Lipinski definition) is 7. The zero-order valence-corrected chi connectivity index (χ0v) is 28.2. The quantitative estimate of drug-likeness (QED) is 0.0706. The molecule has 5 rings (SSSR count). The number of para-hydroxylation sites is 1. The standard InChI is InChI=1S/C24H31N6O16P3/c1-13-10-30(19-9-14(31)18(44-19)12-42-48(37,38)46-49(39,40)45-47(34,35)36)24(33)27-21(13)25-7-4-8-41-15-5-3-6-16-20(15)26-22-17(43-16)11-29(2)23(32)28-22/h3,5-6,10-11,14,18-19,31H,4,7-9,12H2,1-2H3,(H,37,38)(H,39,40)(H,25,27,33)(H,26,28,32)(H2,34,35,36)/t14-,18+,19+/m0/s1. The van der Waals surface area contributed by atoms with Crippen molar-refractivity contribution in [3.05, 3.63) is 57.1 Å². The predicted octanol–water partition coefficient (Wildman–Crippen LogP) is 1.37. The lowest BCUT2D eigenvalue weighted by atomic mass is 10.2. The number of ether oxygens (including phenoxy) is 3. The van der Waals surface area contributed by atoms with E-state index in [-0.39, 0.29) is 24.7 Å². The molecule has 0 amide bonds. The van der Waals surface area contributed by atoms with Gasteiger partial charge in [-0.25, -0.2) is 23.3 Å². The molecule has 0 aliphatic carbocycles. The van der Waals surface area contributed by atoms with E-state index in [2.05, 4.69) is 33.7 Å². The lowest BCUT2D eigenvalue weighted by molar-refractivity contribution is -0.0449. The highest BCUT2D eigenvalue weighted by Gasteiger charge is 2.43. The summed E-state index contributed by atoms with van der Waals surface area (Å²) >= 11 is 0. The number of aromatic nitrogens is 4. The highest BCUT2D eigenvalue weighted by molar-refractivity contribution is 7.66. The summed E-state index contributed by atoms with van der Waals surface area (Å²) in [5, 5.41) is 16.5. The SMILES string of the molecule is Cc1cn([C@H]2C[C@H](O)[C@@H](COP(=O)(O)OP(=O)(O)OP(=O)(O)O)O2)c(=O)nc1NCCCOc1cccc2c1Nc1nc(=O)n(C)cc1O2. The molecule has 0 radical (unpaired) electrons. The number of aliphatic hydroxyl groups is 1. The fourth-order valence-electron chi connectivity index (χ4n) is 4.68. The fraction of sp³-hybridized carbons (Fsp3) is 0.417. The van der Waals surface area contributed by atoms with E-state index in [1.165, 1.54) is 17.0 Å². The highest BCUT2D eigenvalue weighted by atomic mass is 31.3. The van der Waals surface area contributed by atoms with E-state index in [9.17, 15) is 38.2 Å².